The van der Waals surface area contributed by atoms with E-state index in [2.05, 4.69) is 19.1 Å². The fourth-order valence-corrected chi connectivity index (χ4v) is 5.03. The third kappa shape index (κ3) is 5.87. The highest BCUT2D eigenvalue weighted by Crippen LogP contribution is 2.40. The molecule has 1 aliphatic rings. The van der Waals surface area contributed by atoms with Crippen LogP contribution in [0, 0.1) is 29.2 Å². The van der Waals surface area contributed by atoms with E-state index < -0.39 is 45.6 Å². The molecule has 1 atom stereocenters. The first-order valence-electron chi connectivity index (χ1n) is 11.6. The Balaban J connectivity index is 1.40. The average Bonchev–Trinajstić information content (AvgIpc) is 2.83. The van der Waals surface area contributed by atoms with Gasteiger partial charge >= 0.3 is 5.97 Å². The molecule has 35 heavy (non-hydrogen) atoms. The fraction of sp³-hybridized carbons (Fsp3) is 0.321. The van der Waals surface area contributed by atoms with Crippen molar-refractivity contribution < 1.29 is 27.1 Å². The summed E-state index contributed by atoms with van der Waals surface area (Å²) in [7, 11) is 0. The zero-order chi connectivity index (χ0) is 25.1. The Morgan fingerprint density at radius 3 is 2.06 bits per heavy atom. The predicted octanol–water partition coefficient (Wildman–Crippen LogP) is 8.58. The first kappa shape index (κ1) is 25.2. The fourth-order valence-electron chi connectivity index (χ4n) is 4.92. The molecule has 0 bridgehead atoms. The Kier molecular flexibility index (Phi) is 7.80. The first-order chi connectivity index (χ1) is 16.7. The third-order valence-corrected chi connectivity index (χ3v) is 7.17. The summed E-state index contributed by atoms with van der Waals surface area (Å²) in [5, 5.41) is -0.768. The third-order valence-electron chi connectivity index (χ3n) is 6.81. The zero-order valence-electron chi connectivity index (χ0n) is 19.2. The second kappa shape index (κ2) is 10.8. The highest BCUT2D eigenvalue weighted by Gasteiger charge is 2.28. The molecule has 0 N–H and O–H groups in total. The van der Waals surface area contributed by atoms with Crippen LogP contribution in [0.2, 0.25) is 5.02 Å². The van der Waals surface area contributed by atoms with Gasteiger partial charge < -0.3 is 4.74 Å². The van der Waals surface area contributed by atoms with Crippen LogP contribution in [0.5, 0.6) is 5.75 Å². The number of rotatable bonds is 6. The van der Waals surface area contributed by atoms with Crippen LogP contribution >= 0.6 is 11.6 Å². The van der Waals surface area contributed by atoms with Gasteiger partial charge in [-0.15, -0.1) is 0 Å². The Labute approximate surface area is 206 Å². The predicted molar refractivity (Wildman–Crippen MR) is 127 cm³/mol. The van der Waals surface area contributed by atoms with Crippen LogP contribution in [0.15, 0.2) is 54.6 Å². The van der Waals surface area contributed by atoms with Crippen molar-refractivity contribution in [2.24, 2.45) is 5.92 Å². The molecule has 2 nitrogen and oxygen atoms in total. The lowest BCUT2D eigenvalue weighted by atomic mass is 9.75. The lowest BCUT2D eigenvalue weighted by Crippen LogP contribution is -2.17. The molecule has 4 rings (SSSR count). The van der Waals surface area contributed by atoms with Crippen molar-refractivity contribution in [1.29, 1.82) is 0 Å². The molecule has 1 fully saturated rings. The number of halogens is 5. The van der Waals surface area contributed by atoms with Crippen LogP contribution in [0.25, 0.3) is 0 Å². The second-order valence-electron chi connectivity index (χ2n) is 9.22. The molecule has 3 aromatic rings. The van der Waals surface area contributed by atoms with Gasteiger partial charge in [-0.2, -0.15) is 0 Å². The van der Waals surface area contributed by atoms with E-state index in [4.69, 9.17) is 16.3 Å². The number of carbonyl (C=O) groups is 1. The smallest absolute Gasteiger partial charge is 0.349 e. The SMILES string of the molecule is CC(CC1CCC(c2cc(F)c(C(=O)Oc3cc(F)c(Cl)c(F)c3)c(F)c2)CC1)c1ccccc1. The highest BCUT2D eigenvalue weighted by atomic mass is 35.5. The lowest BCUT2D eigenvalue weighted by Gasteiger charge is -2.30. The molecular formula is C28H25ClF4O2. The van der Waals surface area contributed by atoms with Gasteiger partial charge in [0.1, 0.15) is 39.6 Å². The number of carbonyl (C=O) groups excluding carboxylic acids is 1. The summed E-state index contributed by atoms with van der Waals surface area (Å²) in [4.78, 5) is 12.3. The number of benzene rings is 3. The van der Waals surface area contributed by atoms with E-state index in [1.165, 1.54) is 5.56 Å². The second-order valence-corrected chi connectivity index (χ2v) is 9.59. The van der Waals surface area contributed by atoms with E-state index in [1.807, 2.05) is 18.2 Å². The normalized spacial score (nSPS) is 18.8. The van der Waals surface area contributed by atoms with Crippen LogP contribution in [0.3, 0.4) is 0 Å². The van der Waals surface area contributed by atoms with Crippen molar-refractivity contribution in [3.8, 4) is 5.75 Å². The molecule has 0 spiro atoms. The van der Waals surface area contributed by atoms with Crippen LogP contribution in [0.1, 0.15) is 72.3 Å². The van der Waals surface area contributed by atoms with Gasteiger partial charge in [0, 0.05) is 12.1 Å². The summed E-state index contributed by atoms with van der Waals surface area (Å²) in [6.45, 7) is 2.22. The maximum absolute atomic E-state index is 14.8. The molecule has 0 aliphatic heterocycles. The Bertz CT molecular complexity index is 1160. The first-order valence-corrected chi connectivity index (χ1v) is 12.0. The molecule has 184 valence electrons. The highest BCUT2D eigenvalue weighted by molar-refractivity contribution is 6.30. The summed E-state index contributed by atoms with van der Waals surface area (Å²) >= 11 is 5.40. The van der Waals surface area contributed by atoms with E-state index in [0.29, 0.717) is 29.5 Å². The monoisotopic (exact) mass is 504 g/mol. The molecule has 0 aromatic heterocycles. The van der Waals surface area contributed by atoms with E-state index >= 15 is 0 Å². The van der Waals surface area contributed by atoms with Crippen LogP contribution < -0.4 is 4.74 Å². The van der Waals surface area contributed by atoms with E-state index in [9.17, 15) is 22.4 Å². The van der Waals surface area contributed by atoms with Gasteiger partial charge in [-0.1, -0.05) is 48.9 Å². The molecule has 0 amide bonds. The summed E-state index contributed by atoms with van der Waals surface area (Å²) in [6.07, 6.45) is 4.59. The molecule has 1 aliphatic carbocycles. The molecule has 0 saturated heterocycles. The molecule has 1 unspecified atom stereocenters. The molecule has 0 heterocycles. The minimum atomic E-state index is -1.38. The maximum Gasteiger partial charge on any atom is 0.349 e. The molecule has 3 aromatic carbocycles. The minimum absolute atomic E-state index is 0.00758. The van der Waals surface area contributed by atoms with Crippen molar-refractivity contribution in [3.63, 3.8) is 0 Å². The number of ether oxygens (including phenoxy) is 1. The summed E-state index contributed by atoms with van der Waals surface area (Å²) in [5.74, 6) is -5.39. The van der Waals surface area contributed by atoms with Gasteiger partial charge in [-0.25, -0.2) is 22.4 Å². The molecule has 1 saturated carbocycles. The van der Waals surface area contributed by atoms with Gasteiger partial charge in [-0.05, 0) is 73.1 Å². The molecular weight excluding hydrogens is 480 g/mol. The zero-order valence-corrected chi connectivity index (χ0v) is 19.9. The van der Waals surface area contributed by atoms with E-state index in [0.717, 1.165) is 44.2 Å². The topological polar surface area (TPSA) is 26.3 Å². The Morgan fingerprint density at radius 1 is 0.914 bits per heavy atom. The van der Waals surface area contributed by atoms with Crippen molar-refractivity contribution in [1.82, 2.24) is 0 Å². The minimum Gasteiger partial charge on any atom is -0.423 e. The number of hydrogen-bond donors (Lipinski definition) is 0. The maximum atomic E-state index is 14.8. The Hall–Kier alpha value is -2.86. The molecule has 0 radical (unpaired) electrons. The van der Waals surface area contributed by atoms with E-state index in [-0.39, 0.29) is 5.92 Å². The lowest BCUT2D eigenvalue weighted by molar-refractivity contribution is 0.0723. The molecule has 7 heteroatoms. The van der Waals surface area contributed by atoms with Gasteiger partial charge in [0.05, 0.1) is 0 Å². The van der Waals surface area contributed by atoms with Crippen LogP contribution in [0.4, 0.5) is 17.6 Å². The van der Waals surface area contributed by atoms with Gasteiger partial charge in [0.15, 0.2) is 0 Å². The quantitative estimate of drug-likeness (QED) is 0.145. The largest absolute Gasteiger partial charge is 0.423 e. The number of esters is 1. The summed E-state index contributed by atoms with van der Waals surface area (Å²) in [6, 6.07) is 14.0. The van der Waals surface area contributed by atoms with Crippen molar-refractivity contribution in [3.05, 3.63) is 99.6 Å². The van der Waals surface area contributed by atoms with E-state index in [1.54, 1.807) is 0 Å². The van der Waals surface area contributed by atoms with Gasteiger partial charge in [-0.3, -0.25) is 0 Å². The van der Waals surface area contributed by atoms with Gasteiger partial charge in [0.25, 0.3) is 0 Å². The van der Waals surface area contributed by atoms with Crippen molar-refractivity contribution in [2.45, 2.75) is 50.9 Å². The van der Waals surface area contributed by atoms with Crippen LogP contribution in [-0.4, -0.2) is 5.97 Å². The van der Waals surface area contributed by atoms with Gasteiger partial charge in [0.2, 0.25) is 0 Å². The standard InChI is InChI=1S/C28H25ClF4O2/c1-16(18-5-3-2-4-6-18)11-17-7-9-19(10-8-17)20-12-22(30)26(23(31)13-20)28(34)35-21-14-24(32)27(29)25(33)15-21/h2-6,12-17,19H,7-11H2,1H3. The summed E-state index contributed by atoms with van der Waals surface area (Å²) in [5.41, 5.74) is 0.898. The average molecular weight is 505 g/mol. The Morgan fingerprint density at radius 2 is 1.49 bits per heavy atom. The summed E-state index contributed by atoms with van der Waals surface area (Å²) < 4.78 is 61.5. The van der Waals surface area contributed by atoms with Crippen LogP contribution in [-0.2, 0) is 0 Å². The van der Waals surface area contributed by atoms with Crippen molar-refractivity contribution in [2.75, 3.05) is 0 Å². The van der Waals surface area contributed by atoms with Crippen molar-refractivity contribution >= 4 is 17.6 Å². The number of hydrogen-bond acceptors (Lipinski definition) is 2.